The maximum atomic E-state index is 13.1. The minimum Gasteiger partial charge on any atom is -0.748 e. The number of ether oxygens (including phenoxy) is 1. The first-order chi connectivity index (χ1) is 35.0. The van der Waals surface area contributed by atoms with Crippen molar-refractivity contribution in [3.05, 3.63) is 124 Å². The van der Waals surface area contributed by atoms with E-state index in [1.807, 2.05) is 73.6 Å². The van der Waals surface area contributed by atoms with E-state index in [9.17, 15) is 66.7 Å². The quantitative estimate of drug-likeness (QED) is 0.0345. The fourth-order valence-corrected chi connectivity index (χ4v) is 12.7. The number of benzene rings is 3. The lowest BCUT2D eigenvalue weighted by molar-refractivity contribution is -0.438. The predicted molar refractivity (Wildman–Crippen MR) is 282 cm³/mol. The van der Waals surface area contributed by atoms with Crippen molar-refractivity contribution in [3.8, 4) is 5.75 Å². The van der Waals surface area contributed by atoms with E-state index < -0.39 is 75.9 Å². The Labute approximate surface area is 440 Å². The number of anilines is 1. The molecule has 1 amide bonds. The molecule has 0 unspecified atom stereocenters. The van der Waals surface area contributed by atoms with Crippen molar-refractivity contribution < 1.29 is 76.0 Å². The van der Waals surface area contributed by atoms with E-state index in [0.717, 1.165) is 22.4 Å². The Kier molecular flexibility index (Phi) is 17.3. The highest BCUT2D eigenvalue weighted by molar-refractivity contribution is 7.86. The predicted octanol–water partition coefficient (Wildman–Crippen LogP) is 6.17. The summed E-state index contributed by atoms with van der Waals surface area (Å²) in [5.41, 5.74) is 4.61. The summed E-state index contributed by atoms with van der Waals surface area (Å²) in [6, 6.07) is 15.9. The standard InChI is InChI=1S/C51H64BN3O16S4/c1-50(2)41-33-39(74(65,66)67)21-23-43(41)53(28-5-7-31-72(59,60)61)45(50)25-17-36-11-9-12-37(49(36)71-38-19-14-35(15-20-38)16-27-48(56)55-30-10-13-47(55)52(57)58)18-26-46-51(3,4)42-34-40(75(68,69)70)22-24-44(42)54(46)29-6-8-32-73(62,63)64/h14-15,17-26,33-34,47,57-58H,5-13,16,27-32H2,1-4H3,(H3-,59,60,61,62,63,64,65,66,67,68,69,70)/t47-/m0/s1. The van der Waals surface area contributed by atoms with Gasteiger partial charge in [0.1, 0.15) is 18.1 Å². The maximum Gasteiger partial charge on any atom is 0.475 e. The van der Waals surface area contributed by atoms with Crippen molar-refractivity contribution in [2.24, 2.45) is 0 Å². The van der Waals surface area contributed by atoms with Crippen LogP contribution in [0.3, 0.4) is 0 Å². The molecule has 7 rings (SSSR count). The summed E-state index contributed by atoms with van der Waals surface area (Å²) in [5.74, 6) is -0.849. The van der Waals surface area contributed by atoms with Gasteiger partial charge in [-0.3, -0.25) is 18.5 Å². The van der Waals surface area contributed by atoms with Crippen LogP contribution in [0.25, 0.3) is 0 Å². The molecule has 0 radical (unpaired) electrons. The average Bonchev–Trinajstić information content (AvgIpc) is 3.96. The second kappa shape index (κ2) is 22.5. The molecule has 0 saturated carbocycles. The summed E-state index contributed by atoms with van der Waals surface area (Å²) in [6.07, 6.45) is 12.0. The number of carbonyl (C=O) groups excluding carboxylic acids is 1. The van der Waals surface area contributed by atoms with Crippen LogP contribution in [0.1, 0.15) is 109 Å². The van der Waals surface area contributed by atoms with Gasteiger partial charge in [0.15, 0.2) is 5.71 Å². The minimum atomic E-state index is -4.58. The molecule has 406 valence electrons. The monoisotopic (exact) mass is 1110 g/mol. The van der Waals surface area contributed by atoms with E-state index in [1.165, 1.54) is 29.2 Å². The molecule has 0 aromatic heterocycles. The summed E-state index contributed by atoms with van der Waals surface area (Å²) < 4.78 is 145. The summed E-state index contributed by atoms with van der Waals surface area (Å²) in [7, 11) is -19.5. The van der Waals surface area contributed by atoms with E-state index in [0.29, 0.717) is 104 Å². The number of aryl methyl sites for hydroxylation is 1. The number of hydrogen-bond acceptors (Lipinski definition) is 14. The molecule has 19 nitrogen and oxygen atoms in total. The van der Waals surface area contributed by atoms with E-state index in [2.05, 4.69) is 0 Å². The molecule has 5 N–H and O–H groups in total. The third-order valence-electron chi connectivity index (χ3n) is 14.5. The van der Waals surface area contributed by atoms with E-state index in [-0.39, 0.29) is 41.5 Å². The number of allylic oxidation sites excluding steroid dienone is 7. The summed E-state index contributed by atoms with van der Waals surface area (Å²) in [4.78, 5) is 16.0. The molecule has 3 aromatic rings. The van der Waals surface area contributed by atoms with Gasteiger partial charge in [-0.15, -0.1) is 0 Å². The second-order valence-electron chi connectivity index (χ2n) is 20.5. The van der Waals surface area contributed by atoms with Crippen LogP contribution in [0.2, 0.25) is 0 Å². The van der Waals surface area contributed by atoms with Gasteiger partial charge in [0.05, 0.1) is 37.0 Å². The first-order valence-corrected chi connectivity index (χ1v) is 30.8. The highest BCUT2D eigenvalue weighted by Gasteiger charge is 2.45. The number of unbranched alkanes of at least 4 members (excludes halogenated alkanes) is 2. The van der Waals surface area contributed by atoms with Crippen molar-refractivity contribution in [1.82, 2.24) is 4.90 Å². The minimum absolute atomic E-state index is 0.0818. The van der Waals surface area contributed by atoms with Gasteiger partial charge in [-0.05, 0) is 149 Å². The molecular formula is C51H64BN3O16S4. The van der Waals surface area contributed by atoms with Crippen molar-refractivity contribution in [3.63, 3.8) is 0 Å². The van der Waals surface area contributed by atoms with Crippen LogP contribution >= 0.6 is 0 Å². The van der Waals surface area contributed by atoms with Crippen LogP contribution in [0.4, 0.5) is 11.4 Å². The average molecular weight is 1110 g/mol. The van der Waals surface area contributed by atoms with Crippen LogP contribution < -0.4 is 9.64 Å². The zero-order valence-electron chi connectivity index (χ0n) is 42.3. The molecule has 1 fully saturated rings. The lowest BCUT2D eigenvalue weighted by Gasteiger charge is -2.28. The summed E-state index contributed by atoms with van der Waals surface area (Å²) in [6.45, 7) is 8.62. The lowest BCUT2D eigenvalue weighted by atomic mass is 9.78. The SMILES string of the molecule is CC1(C)C(/C=C/C2=C(Oc3ccc(CCC(=O)N4CCC[C@H]4B(O)O)cc3)C(=C/C=C3/N(CCCCS(=O)(=O)[O-])c4ccc(S(=O)(=O)O)cc4C3(C)C)/CCC2)=[N+](CCCCS(=O)(=O)O)c2ccc(S(=O)(=O)O)cc21. The highest BCUT2D eigenvalue weighted by Crippen LogP contribution is 2.49. The van der Waals surface area contributed by atoms with Gasteiger partial charge in [0.2, 0.25) is 11.6 Å². The number of fused-ring (bicyclic) bond motifs is 2. The van der Waals surface area contributed by atoms with Crippen molar-refractivity contribution >= 4 is 70.6 Å². The van der Waals surface area contributed by atoms with Gasteiger partial charge in [0, 0.05) is 66.2 Å². The van der Waals surface area contributed by atoms with Gasteiger partial charge >= 0.3 is 7.12 Å². The molecule has 24 heteroatoms. The Bertz CT molecular complexity index is 3330. The topological polar surface area (TPSA) is 297 Å². The van der Waals surface area contributed by atoms with Crippen molar-refractivity contribution in [2.75, 3.05) is 36.0 Å². The zero-order chi connectivity index (χ0) is 54.9. The van der Waals surface area contributed by atoms with Gasteiger partial charge in [0.25, 0.3) is 30.4 Å². The van der Waals surface area contributed by atoms with Gasteiger partial charge in [-0.2, -0.15) is 29.8 Å². The number of nitrogens with zero attached hydrogens (tertiary/aromatic N) is 3. The molecule has 3 aliphatic heterocycles. The Morgan fingerprint density at radius 1 is 0.787 bits per heavy atom. The number of carbonyl (C=O) groups is 1. The van der Waals surface area contributed by atoms with E-state index >= 15 is 0 Å². The molecule has 1 atom stereocenters. The largest absolute Gasteiger partial charge is 0.748 e. The third kappa shape index (κ3) is 13.8. The molecule has 3 aromatic carbocycles. The molecule has 3 heterocycles. The van der Waals surface area contributed by atoms with Crippen LogP contribution in [0, 0.1) is 0 Å². The van der Waals surface area contributed by atoms with E-state index in [1.54, 1.807) is 24.3 Å². The lowest BCUT2D eigenvalue weighted by Crippen LogP contribution is -2.45. The normalized spacial score (nSPS) is 19.9. The smallest absolute Gasteiger partial charge is 0.475 e. The number of amides is 1. The molecule has 0 bridgehead atoms. The molecular weight excluding hydrogens is 1050 g/mol. The molecule has 75 heavy (non-hydrogen) atoms. The first-order valence-electron chi connectivity index (χ1n) is 24.8. The fourth-order valence-electron chi connectivity index (χ4n) is 10.6. The van der Waals surface area contributed by atoms with Crippen LogP contribution in [0.15, 0.2) is 117 Å². The first kappa shape index (κ1) is 57.7. The highest BCUT2D eigenvalue weighted by atomic mass is 32.2. The fraction of sp³-hybridized carbons (Fsp3) is 0.451. The van der Waals surface area contributed by atoms with Crippen molar-refractivity contribution in [1.29, 1.82) is 0 Å². The Balaban J connectivity index is 1.30. The number of likely N-dealkylation sites (tertiary alicyclic amines) is 1. The van der Waals surface area contributed by atoms with Crippen molar-refractivity contribution in [2.45, 2.75) is 125 Å². The second-order valence-corrected chi connectivity index (χ2v) is 26.4. The van der Waals surface area contributed by atoms with Gasteiger partial charge in [-0.1, -0.05) is 32.1 Å². The van der Waals surface area contributed by atoms with Gasteiger partial charge < -0.3 is 29.1 Å². The van der Waals surface area contributed by atoms with Crippen LogP contribution in [-0.4, -0.2) is 127 Å². The van der Waals surface area contributed by atoms with E-state index in [4.69, 9.17) is 4.74 Å². The zero-order valence-corrected chi connectivity index (χ0v) is 45.5. The Hall–Kier alpha value is -5.02. The van der Waals surface area contributed by atoms with Crippen LogP contribution in [-0.2, 0) is 62.5 Å². The summed E-state index contributed by atoms with van der Waals surface area (Å²) in [5, 5.41) is 19.6. The molecule has 0 spiro atoms. The Morgan fingerprint density at radius 2 is 1.44 bits per heavy atom. The number of hydrogen-bond donors (Lipinski definition) is 5. The summed E-state index contributed by atoms with van der Waals surface area (Å²) >= 11 is 0. The molecule has 4 aliphatic rings. The maximum absolute atomic E-state index is 13.1. The molecule has 1 saturated heterocycles. The van der Waals surface area contributed by atoms with Gasteiger partial charge in [-0.25, -0.2) is 8.42 Å². The van der Waals surface area contributed by atoms with Crippen LogP contribution in [0.5, 0.6) is 5.75 Å². The third-order valence-corrected chi connectivity index (χ3v) is 17.8. The Morgan fingerprint density at radius 3 is 2.08 bits per heavy atom. The molecule has 1 aliphatic carbocycles. The number of rotatable bonds is 21.